The molecule has 0 aliphatic heterocycles. The second kappa shape index (κ2) is 7.77. The minimum Gasteiger partial charge on any atom is -0.489 e. The summed E-state index contributed by atoms with van der Waals surface area (Å²) in [5.41, 5.74) is 1.24. The van der Waals surface area contributed by atoms with Crippen LogP contribution in [0.25, 0.3) is 11.4 Å². The van der Waals surface area contributed by atoms with E-state index in [1.54, 1.807) is 49.4 Å². The molecule has 1 unspecified atom stereocenters. The summed E-state index contributed by atoms with van der Waals surface area (Å²) in [4.78, 5) is 15.4. The van der Waals surface area contributed by atoms with Gasteiger partial charge < -0.3 is 14.6 Å². The van der Waals surface area contributed by atoms with E-state index in [9.17, 15) is 9.18 Å². The van der Waals surface area contributed by atoms with Crippen molar-refractivity contribution in [2.45, 2.75) is 26.5 Å². The predicted octanol–water partition coefficient (Wildman–Crippen LogP) is 3.65. The third-order valence-corrected chi connectivity index (χ3v) is 3.70. The van der Waals surface area contributed by atoms with Crippen LogP contribution in [0, 0.1) is 5.82 Å². The topological polar surface area (TPSA) is 77.2 Å². The molecular weight excluding hydrogens is 337 g/mol. The van der Waals surface area contributed by atoms with Gasteiger partial charge in [0.15, 0.2) is 0 Å². The highest BCUT2D eigenvalue weighted by Gasteiger charge is 2.16. The standard InChI is InChI=1S/C19H18FN3O3/c1-12(21-13(2)24)19-22-18(23-26-19)14-7-9-16(10-8-14)25-11-15-5-3-4-6-17(15)20/h3-10,12H,11H2,1-2H3,(H,21,24). The van der Waals surface area contributed by atoms with Crippen LogP contribution < -0.4 is 10.1 Å². The third kappa shape index (κ3) is 4.24. The van der Waals surface area contributed by atoms with Crippen molar-refractivity contribution in [3.05, 3.63) is 65.8 Å². The van der Waals surface area contributed by atoms with E-state index < -0.39 is 0 Å². The number of hydrogen-bond acceptors (Lipinski definition) is 5. The molecule has 0 bridgehead atoms. The maximum absolute atomic E-state index is 13.6. The Balaban J connectivity index is 1.65. The van der Waals surface area contributed by atoms with Crippen LogP contribution in [0.1, 0.15) is 31.3 Å². The second-order valence-corrected chi connectivity index (χ2v) is 5.78. The summed E-state index contributed by atoms with van der Waals surface area (Å²) in [5, 5.41) is 6.61. The first-order chi connectivity index (χ1) is 12.5. The van der Waals surface area contributed by atoms with Crippen LogP contribution in [-0.2, 0) is 11.4 Å². The fourth-order valence-corrected chi connectivity index (χ4v) is 2.37. The smallest absolute Gasteiger partial charge is 0.249 e. The van der Waals surface area contributed by atoms with Crippen LogP contribution in [-0.4, -0.2) is 16.0 Å². The minimum absolute atomic E-state index is 0.145. The van der Waals surface area contributed by atoms with Gasteiger partial charge in [0.05, 0.1) is 0 Å². The second-order valence-electron chi connectivity index (χ2n) is 5.78. The first kappa shape index (κ1) is 17.6. The number of nitrogens with zero attached hydrogens (tertiary/aromatic N) is 2. The van der Waals surface area contributed by atoms with Gasteiger partial charge in [-0.2, -0.15) is 4.98 Å². The van der Waals surface area contributed by atoms with E-state index in [2.05, 4.69) is 15.5 Å². The first-order valence-corrected chi connectivity index (χ1v) is 8.10. The summed E-state index contributed by atoms with van der Waals surface area (Å²) in [6.45, 7) is 3.33. The van der Waals surface area contributed by atoms with Crippen LogP contribution in [0.2, 0.25) is 0 Å². The van der Waals surface area contributed by atoms with Gasteiger partial charge >= 0.3 is 0 Å². The average molecular weight is 355 g/mol. The number of amides is 1. The summed E-state index contributed by atoms with van der Waals surface area (Å²) < 4.78 is 24.4. The summed E-state index contributed by atoms with van der Waals surface area (Å²) in [6, 6.07) is 13.2. The van der Waals surface area contributed by atoms with Crippen molar-refractivity contribution < 1.29 is 18.4 Å². The maximum Gasteiger partial charge on any atom is 0.249 e. The molecule has 1 heterocycles. The van der Waals surface area contributed by atoms with Gasteiger partial charge in [0.25, 0.3) is 0 Å². The Morgan fingerprint density at radius 2 is 1.96 bits per heavy atom. The monoisotopic (exact) mass is 355 g/mol. The van der Waals surface area contributed by atoms with E-state index >= 15 is 0 Å². The third-order valence-electron chi connectivity index (χ3n) is 3.70. The number of rotatable bonds is 6. The zero-order valence-corrected chi connectivity index (χ0v) is 14.4. The molecule has 1 N–H and O–H groups in total. The molecule has 0 aliphatic rings. The summed E-state index contributed by atoms with van der Waals surface area (Å²) in [5.74, 6) is 0.880. The van der Waals surface area contributed by atoms with Gasteiger partial charge in [0, 0.05) is 18.1 Å². The quantitative estimate of drug-likeness (QED) is 0.730. The Labute approximate surface area is 150 Å². The molecule has 1 atom stereocenters. The Hall–Kier alpha value is -3.22. The number of carbonyl (C=O) groups excluding carboxylic acids is 1. The molecule has 0 fully saturated rings. The summed E-state index contributed by atoms with van der Waals surface area (Å²) >= 11 is 0. The van der Waals surface area contributed by atoms with Gasteiger partial charge in [-0.25, -0.2) is 4.39 Å². The molecule has 3 rings (SSSR count). The fraction of sp³-hybridized carbons (Fsp3) is 0.211. The number of carbonyl (C=O) groups is 1. The molecule has 134 valence electrons. The van der Waals surface area contributed by atoms with E-state index in [0.29, 0.717) is 23.0 Å². The van der Waals surface area contributed by atoms with Gasteiger partial charge in [0.2, 0.25) is 17.6 Å². The van der Waals surface area contributed by atoms with Crippen LogP contribution in [0.15, 0.2) is 53.1 Å². The Kier molecular flexibility index (Phi) is 5.26. The van der Waals surface area contributed by atoms with Gasteiger partial charge in [-0.3, -0.25) is 4.79 Å². The number of hydrogen-bond donors (Lipinski definition) is 1. The number of benzene rings is 2. The number of ether oxygens (including phenoxy) is 1. The van der Waals surface area contributed by atoms with E-state index in [1.165, 1.54) is 13.0 Å². The molecule has 0 radical (unpaired) electrons. The fourth-order valence-electron chi connectivity index (χ4n) is 2.37. The van der Waals surface area contributed by atoms with E-state index in [0.717, 1.165) is 5.56 Å². The van der Waals surface area contributed by atoms with Crippen molar-refractivity contribution in [2.75, 3.05) is 0 Å². The lowest BCUT2D eigenvalue weighted by Gasteiger charge is -2.07. The number of halogens is 1. The zero-order valence-electron chi connectivity index (χ0n) is 14.4. The molecule has 1 aromatic heterocycles. The molecule has 0 saturated heterocycles. The maximum atomic E-state index is 13.6. The highest BCUT2D eigenvalue weighted by atomic mass is 19.1. The molecule has 3 aromatic rings. The lowest BCUT2D eigenvalue weighted by molar-refractivity contribution is -0.119. The van der Waals surface area contributed by atoms with Crippen molar-refractivity contribution in [1.82, 2.24) is 15.5 Å². The largest absolute Gasteiger partial charge is 0.489 e. The molecule has 6 nitrogen and oxygen atoms in total. The van der Waals surface area contributed by atoms with Crippen molar-refractivity contribution in [1.29, 1.82) is 0 Å². The van der Waals surface area contributed by atoms with Crippen molar-refractivity contribution >= 4 is 5.91 Å². The molecule has 26 heavy (non-hydrogen) atoms. The van der Waals surface area contributed by atoms with Crippen LogP contribution in [0.4, 0.5) is 4.39 Å². The molecule has 0 aliphatic carbocycles. The van der Waals surface area contributed by atoms with Crippen LogP contribution >= 0.6 is 0 Å². The molecule has 2 aromatic carbocycles. The first-order valence-electron chi connectivity index (χ1n) is 8.10. The summed E-state index contributed by atoms with van der Waals surface area (Å²) in [7, 11) is 0. The lowest BCUT2D eigenvalue weighted by atomic mass is 10.2. The Morgan fingerprint density at radius 3 is 2.65 bits per heavy atom. The molecular formula is C19H18FN3O3. The highest BCUT2D eigenvalue weighted by Crippen LogP contribution is 2.22. The van der Waals surface area contributed by atoms with E-state index in [1.807, 2.05) is 0 Å². The molecule has 0 saturated carbocycles. The van der Waals surface area contributed by atoms with E-state index in [4.69, 9.17) is 9.26 Å². The lowest BCUT2D eigenvalue weighted by Crippen LogP contribution is -2.23. The van der Waals surface area contributed by atoms with Crippen LogP contribution in [0.5, 0.6) is 5.75 Å². The van der Waals surface area contributed by atoms with Crippen molar-refractivity contribution in [3.8, 4) is 17.1 Å². The minimum atomic E-state index is -0.364. The molecule has 1 amide bonds. The number of nitrogens with one attached hydrogen (secondary N) is 1. The van der Waals surface area contributed by atoms with E-state index in [-0.39, 0.29) is 24.4 Å². The normalized spacial score (nSPS) is 11.8. The van der Waals surface area contributed by atoms with Gasteiger partial charge in [-0.05, 0) is 37.3 Å². The summed E-state index contributed by atoms with van der Waals surface area (Å²) in [6.07, 6.45) is 0. The van der Waals surface area contributed by atoms with Crippen molar-refractivity contribution in [3.63, 3.8) is 0 Å². The highest BCUT2D eigenvalue weighted by molar-refractivity contribution is 5.73. The molecule has 0 spiro atoms. The Bertz CT molecular complexity index is 893. The predicted molar refractivity (Wildman–Crippen MR) is 92.7 cm³/mol. The zero-order chi connectivity index (χ0) is 18.5. The van der Waals surface area contributed by atoms with Gasteiger partial charge in [0.1, 0.15) is 24.2 Å². The van der Waals surface area contributed by atoms with Crippen LogP contribution in [0.3, 0.4) is 0 Å². The SMILES string of the molecule is CC(=O)NC(C)c1nc(-c2ccc(OCc3ccccc3F)cc2)no1. The van der Waals surface area contributed by atoms with Crippen molar-refractivity contribution in [2.24, 2.45) is 0 Å². The van der Waals surface area contributed by atoms with Gasteiger partial charge in [-0.15, -0.1) is 0 Å². The molecule has 7 heteroatoms. The Morgan fingerprint density at radius 1 is 1.23 bits per heavy atom. The average Bonchev–Trinajstić information content (AvgIpc) is 3.11. The van der Waals surface area contributed by atoms with Gasteiger partial charge in [-0.1, -0.05) is 23.4 Å². The number of aromatic nitrogens is 2.